The molecule has 19 heavy (non-hydrogen) atoms. The van der Waals surface area contributed by atoms with Crippen molar-refractivity contribution >= 4 is 33.2 Å². The van der Waals surface area contributed by atoms with Gasteiger partial charge in [-0.3, -0.25) is 0 Å². The summed E-state index contributed by atoms with van der Waals surface area (Å²) in [6, 6.07) is 11.7. The minimum atomic E-state index is -0.262. The molecule has 0 amide bonds. The Bertz CT molecular complexity index is 560. The highest BCUT2D eigenvalue weighted by Gasteiger charge is 2.13. The predicted octanol–water partition coefficient (Wildman–Crippen LogP) is 4.35. The lowest BCUT2D eigenvalue weighted by atomic mass is 10.1. The molecule has 2 rings (SSSR count). The Labute approximate surface area is 124 Å². The maximum absolute atomic E-state index is 12.9. The van der Waals surface area contributed by atoms with Crippen molar-refractivity contribution < 1.29 is 4.39 Å². The van der Waals surface area contributed by atoms with Crippen LogP contribution >= 0.6 is 27.5 Å². The highest BCUT2D eigenvalue weighted by molar-refractivity contribution is 9.10. The summed E-state index contributed by atoms with van der Waals surface area (Å²) in [6.45, 7) is 0.414. The van der Waals surface area contributed by atoms with Gasteiger partial charge in [-0.2, -0.15) is 0 Å². The van der Waals surface area contributed by atoms with E-state index in [0.717, 1.165) is 15.7 Å². The summed E-state index contributed by atoms with van der Waals surface area (Å²) in [7, 11) is 0. The Morgan fingerprint density at radius 1 is 1.21 bits per heavy atom. The van der Waals surface area contributed by atoms with Crippen LogP contribution < -0.4 is 11.1 Å². The summed E-state index contributed by atoms with van der Waals surface area (Å²) in [5.74, 6) is -0.262. The van der Waals surface area contributed by atoms with Gasteiger partial charge >= 0.3 is 0 Å². The first-order valence-corrected chi connectivity index (χ1v) is 6.94. The van der Waals surface area contributed by atoms with Crippen LogP contribution in [0.1, 0.15) is 11.6 Å². The highest BCUT2D eigenvalue weighted by atomic mass is 79.9. The summed E-state index contributed by atoms with van der Waals surface area (Å²) in [5, 5.41) is 3.93. The van der Waals surface area contributed by atoms with E-state index in [4.69, 9.17) is 17.3 Å². The quantitative estimate of drug-likeness (QED) is 0.866. The number of nitrogens with two attached hydrogens (primary N) is 1. The zero-order valence-corrected chi connectivity index (χ0v) is 12.4. The second kappa shape index (κ2) is 6.37. The number of nitrogens with one attached hydrogen (secondary N) is 1. The smallest absolute Gasteiger partial charge is 0.123 e. The average molecular weight is 344 g/mol. The lowest BCUT2D eigenvalue weighted by molar-refractivity contribution is 0.628. The highest BCUT2D eigenvalue weighted by Crippen LogP contribution is 2.28. The molecule has 0 heterocycles. The van der Waals surface area contributed by atoms with E-state index in [9.17, 15) is 4.39 Å². The van der Waals surface area contributed by atoms with Crippen molar-refractivity contribution in [3.05, 3.63) is 63.3 Å². The molecular formula is C14H13BrClFN2. The van der Waals surface area contributed by atoms with Gasteiger partial charge in [-0.15, -0.1) is 0 Å². The number of hydrogen-bond acceptors (Lipinski definition) is 2. The SMILES string of the molecule is NCC(Nc1ccc(F)cc1)c1ccc(Cl)cc1Br. The minimum absolute atomic E-state index is 0.0721. The fraction of sp³-hybridized carbons (Fsp3) is 0.143. The van der Waals surface area contributed by atoms with Crippen LogP contribution in [0.5, 0.6) is 0 Å². The Balaban J connectivity index is 2.22. The molecule has 2 nitrogen and oxygen atoms in total. The molecule has 0 aliphatic carbocycles. The fourth-order valence-electron chi connectivity index (χ4n) is 1.80. The van der Waals surface area contributed by atoms with Crippen LogP contribution in [0, 0.1) is 5.82 Å². The summed E-state index contributed by atoms with van der Waals surface area (Å²) in [6.07, 6.45) is 0. The fourth-order valence-corrected chi connectivity index (χ4v) is 2.75. The van der Waals surface area contributed by atoms with Crippen LogP contribution in [0.2, 0.25) is 5.02 Å². The van der Waals surface area contributed by atoms with Gasteiger partial charge in [-0.05, 0) is 42.0 Å². The van der Waals surface area contributed by atoms with E-state index in [1.54, 1.807) is 12.1 Å². The normalized spacial score (nSPS) is 12.2. The van der Waals surface area contributed by atoms with Crippen molar-refractivity contribution in [1.29, 1.82) is 0 Å². The van der Waals surface area contributed by atoms with Crippen LogP contribution in [0.25, 0.3) is 0 Å². The average Bonchev–Trinajstić information content (AvgIpc) is 2.39. The Morgan fingerprint density at radius 2 is 1.89 bits per heavy atom. The zero-order chi connectivity index (χ0) is 13.8. The Kier molecular flexibility index (Phi) is 4.80. The molecule has 0 bridgehead atoms. The Hall–Kier alpha value is -1.10. The van der Waals surface area contributed by atoms with Crippen molar-refractivity contribution in [2.75, 3.05) is 11.9 Å². The summed E-state index contributed by atoms with van der Waals surface area (Å²) in [4.78, 5) is 0. The molecule has 0 spiro atoms. The number of anilines is 1. The van der Waals surface area contributed by atoms with Gasteiger partial charge in [0.1, 0.15) is 5.82 Å². The third kappa shape index (κ3) is 3.69. The van der Waals surface area contributed by atoms with Crippen LogP contribution in [0.15, 0.2) is 46.9 Å². The number of hydrogen-bond donors (Lipinski definition) is 2. The van der Waals surface area contributed by atoms with Crippen molar-refractivity contribution in [2.45, 2.75) is 6.04 Å². The lowest BCUT2D eigenvalue weighted by Crippen LogP contribution is -2.21. The van der Waals surface area contributed by atoms with E-state index in [0.29, 0.717) is 11.6 Å². The lowest BCUT2D eigenvalue weighted by Gasteiger charge is -2.20. The van der Waals surface area contributed by atoms with Gasteiger partial charge in [0.2, 0.25) is 0 Å². The molecular weight excluding hydrogens is 331 g/mol. The van der Waals surface area contributed by atoms with Crippen molar-refractivity contribution in [1.82, 2.24) is 0 Å². The molecule has 100 valence electrons. The minimum Gasteiger partial charge on any atom is -0.377 e. The van der Waals surface area contributed by atoms with Gasteiger partial charge in [0.05, 0.1) is 6.04 Å². The third-order valence-corrected chi connectivity index (χ3v) is 3.68. The van der Waals surface area contributed by atoms with Gasteiger partial charge in [-0.1, -0.05) is 33.6 Å². The molecule has 0 aliphatic heterocycles. The van der Waals surface area contributed by atoms with Crippen molar-refractivity contribution in [3.8, 4) is 0 Å². The van der Waals surface area contributed by atoms with Gasteiger partial charge < -0.3 is 11.1 Å². The number of halogens is 3. The van der Waals surface area contributed by atoms with E-state index in [-0.39, 0.29) is 11.9 Å². The molecule has 0 fully saturated rings. The van der Waals surface area contributed by atoms with Gasteiger partial charge in [0, 0.05) is 21.7 Å². The molecule has 1 unspecified atom stereocenters. The molecule has 0 saturated heterocycles. The second-order valence-electron chi connectivity index (χ2n) is 4.11. The first-order chi connectivity index (χ1) is 9.10. The summed E-state index contributed by atoms with van der Waals surface area (Å²) in [5.41, 5.74) is 7.63. The van der Waals surface area contributed by atoms with E-state index >= 15 is 0 Å². The first kappa shape index (κ1) is 14.3. The van der Waals surface area contributed by atoms with E-state index in [2.05, 4.69) is 21.2 Å². The maximum atomic E-state index is 12.9. The molecule has 0 radical (unpaired) electrons. The molecule has 1 atom stereocenters. The number of rotatable bonds is 4. The maximum Gasteiger partial charge on any atom is 0.123 e. The van der Waals surface area contributed by atoms with Crippen LogP contribution in [-0.4, -0.2) is 6.54 Å². The van der Waals surface area contributed by atoms with Gasteiger partial charge in [-0.25, -0.2) is 4.39 Å². The largest absolute Gasteiger partial charge is 0.377 e. The van der Waals surface area contributed by atoms with E-state index in [1.807, 2.05) is 18.2 Å². The second-order valence-corrected chi connectivity index (χ2v) is 5.40. The monoisotopic (exact) mass is 342 g/mol. The molecule has 5 heteroatoms. The van der Waals surface area contributed by atoms with Gasteiger partial charge in [0.15, 0.2) is 0 Å². The van der Waals surface area contributed by atoms with Crippen molar-refractivity contribution in [2.24, 2.45) is 5.73 Å². The molecule has 2 aromatic carbocycles. The van der Waals surface area contributed by atoms with Crippen molar-refractivity contribution in [3.63, 3.8) is 0 Å². The Morgan fingerprint density at radius 3 is 2.47 bits per heavy atom. The number of benzene rings is 2. The molecule has 0 aromatic heterocycles. The summed E-state index contributed by atoms with van der Waals surface area (Å²) >= 11 is 9.39. The summed E-state index contributed by atoms with van der Waals surface area (Å²) < 4.78 is 13.8. The van der Waals surface area contributed by atoms with E-state index < -0.39 is 0 Å². The molecule has 0 saturated carbocycles. The van der Waals surface area contributed by atoms with Gasteiger partial charge in [0.25, 0.3) is 0 Å². The van der Waals surface area contributed by atoms with Crippen LogP contribution in [0.4, 0.5) is 10.1 Å². The third-order valence-electron chi connectivity index (χ3n) is 2.76. The van der Waals surface area contributed by atoms with Crippen LogP contribution in [-0.2, 0) is 0 Å². The van der Waals surface area contributed by atoms with E-state index in [1.165, 1.54) is 12.1 Å². The molecule has 2 aromatic rings. The standard InChI is InChI=1S/C14H13BrClFN2/c15-13-7-9(16)1-6-12(13)14(8-18)19-11-4-2-10(17)3-5-11/h1-7,14,19H,8,18H2. The molecule has 0 aliphatic rings. The topological polar surface area (TPSA) is 38.0 Å². The predicted molar refractivity (Wildman–Crippen MR) is 81.0 cm³/mol. The first-order valence-electron chi connectivity index (χ1n) is 5.77. The zero-order valence-electron chi connectivity index (χ0n) is 10.0. The molecule has 3 N–H and O–H groups in total. The van der Waals surface area contributed by atoms with Crippen LogP contribution in [0.3, 0.4) is 0 Å².